The molecule has 4 amide bonds. The third-order valence-corrected chi connectivity index (χ3v) is 8.74. The van der Waals surface area contributed by atoms with Crippen molar-refractivity contribution in [3.05, 3.63) is 66.0 Å². The molecule has 1 aliphatic carbocycles. The summed E-state index contributed by atoms with van der Waals surface area (Å²) >= 11 is 0. The van der Waals surface area contributed by atoms with Gasteiger partial charge in [-0.2, -0.15) is 0 Å². The van der Waals surface area contributed by atoms with Crippen molar-refractivity contribution in [2.75, 3.05) is 13.1 Å². The Morgan fingerprint density at radius 1 is 1.00 bits per heavy atom. The highest BCUT2D eigenvalue weighted by molar-refractivity contribution is 5.97. The van der Waals surface area contributed by atoms with Crippen LogP contribution in [-0.2, 0) is 20.8 Å². The van der Waals surface area contributed by atoms with Gasteiger partial charge in [-0.1, -0.05) is 55.7 Å². The minimum Gasteiger partial charge on any atom is -0.390 e. The van der Waals surface area contributed by atoms with Crippen molar-refractivity contribution >= 4 is 23.6 Å². The van der Waals surface area contributed by atoms with Crippen molar-refractivity contribution in [2.45, 2.75) is 95.5 Å². The van der Waals surface area contributed by atoms with E-state index in [-0.39, 0.29) is 18.1 Å². The maximum atomic E-state index is 13.6. The van der Waals surface area contributed by atoms with E-state index in [0.717, 1.165) is 31.2 Å². The van der Waals surface area contributed by atoms with Crippen LogP contribution in [0, 0.1) is 11.8 Å². The first-order valence-electron chi connectivity index (χ1n) is 16.0. The molecule has 0 bridgehead atoms. The molecule has 2 heterocycles. The van der Waals surface area contributed by atoms with E-state index in [9.17, 15) is 24.3 Å². The van der Waals surface area contributed by atoms with Crippen LogP contribution in [0.3, 0.4) is 0 Å². The van der Waals surface area contributed by atoms with Crippen LogP contribution in [0.15, 0.2) is 54.7 Å². The first-order chi connectivity index (χ1) is 21.4. The van der Waals surface area contributed by atoms with E-state index in [1.807, 2.05) is 51.1 Å². The van der Waals surface area contributed by atoms with E-state index in [4.69, 9.17) is 5.73 Å². The van der Waals surface area contributed by atoms with Gasteiger partial charge in [-0.3, -0.25) is 29.1 Å². The summed E-state index contributed by atoms with van der Waals surface area (Å²) in [5.74, 6) is -1.17. The Bertz CT molecular complexity index is 1300. The van der Waals surface area contributed by atoms with Gasteiger partial charge in [0.05, 0.1) is 24.6 Å². The third-order valence-electron chi connectivity index (χ3n) is 8.74. The fraction of sp³-hybridized carbons (Fsp3) is 0.559. The van der Waals surface area contributed by atoms with Gasteiger partial charge in [-0.05, 0) is 69.6 Å². The maximum absolute atomic E-state index is 13.6. The van der Waals surface area contributed by atoms with Gasteiger partial charge < -0.3 is 26.8 Å². The largest absolute Gasteiger partial charge is 0.390 e. The monoisotopic (exact) mass is 620 g/mol. The number of aromatic nitrogens is 1. The van der Waals surface area contributed by atoms with Gasteiger partial charge in [-0.25, -0.2) is 0 Å². The quantitative estimate of drug-likeness (QED) is 0.242. The fourth-order valence-electron chi connectivity index (χ4n) is 6.57. The molecule has 1 aromatic carbocycles. The number of aliphatic hydroxyl groups excluding tert-OH is 1. The third kappa shape index (κ3) is 10.1. The van der Waals surface area contributed by atoms with Gasteiger partial charge in [0.2, 0.25) is 17.7 Å². The molecular weight excluding hydrogens is 572 g/mol. The van der Waals surface area contributed by atoms with E-state index in [0.29, 0.717) is 24.8 Å². The number of nitrogens with two attached hydrogens (primary N) is 1. The van der Waals surface area contributed by atoms with Crippen LogP contribution in [-0.4, -0.2) is 81.5 Å². The molecule has 0 radical (unpaired) electrons. The second kappa shape index (κ2) is 15.4. The number of carbonyl (C=O) groups excluding carboxylic acids is 4. The van der Waals surface area contributed by atoms with Crippen LogP contribution in [0.2, 0.25) is 0 Å². The van der Waals surface area contributed by atoms with E-state index >= 15 is 0 Å². The minimum absolute atomic E-state index is 0.0545. The number of β-amino-alcohol motifs (C(OH)–C–C–N with tert-alkyl or cyclic N) is 1. The molecule has 11 nitrogen and oxygen atoms in total. The minimum atomic E-state index is -1.27. The number of likely N-dealkylation sites (tertiary alicyclic amines) is 1. The number of amides is 4. The highest BCUT2D eigenvalue weighted by Gasteiger charge is 2.42. The molecule has 6 atom stereocenters. The number of fused-ring (bicyclic) bond motifs is 1. The average Bonchev–Trinajstić information content (AvgIpc) is 2.99. The molecule has 2 aliphatic rings. The fourth-order valence-corrected chi connectivity index (χ4v) is 6.57. The van der Waals surface area contributed by atoms with Crippen molar-refractivity contribution in [1.82, 2.24) is 25.8 Å². The zero-order chi connectivity index (χ0) is 32.6. The van der Waals surface area contributed by atoms with Crippen LogP contribution in [0.4, 0.5) is 0 Å². The van der Waals surface area contributed by atoms with Crippen molar-refractivity contribution in [1.29, 1.82) is 0 Å². The molecule has 1 saturated carbocycles. The first-order valence-corrected chi connectivity index (χ1v) is 16.0. The molecule has 4 rings (SSSR count). The number of rotatable bonds is 12. The molecule has 1 saturated heterocycles. The lowest BCUT2D eigenvalue weighted by Crippen LogP contribution is -2.61. The molecule has 6 N–H and O–H groups in total. The molecule has 11 heteroatoms. The predicted molar refractivity (Wildman–Crippen MR) is 171 cm³/mol. The Balaban J connectivity index is 1.55. The Morgan fingerprint density at radius 3 is 2.33 bits per heavy atom. The Morgan fingerprint density at radius 2 is 1.69 bits per heavy atom. The Kier molecular flexibility index (Phi) is 11.7. The molecule has 2 fully saturated rings. The van der Waals surface area contributed by atoms with Gasteiger partial charge in [0, 0.05) is 24.8 Å². The SMILES string of the molecule is CC(C)(C)NC(=O)C1CC2CCCCC2CN1CC(O)C(Cc1ccccc1)NC(=O)C(CC(N)=O)NC(=O)c1ccccn1. The summed E-state index contributed by atoms with van der Waals surface area (Å²) in [6.45, 7) is 6.73. The van der Waals surface area contributed by atoms with Crippen LogP contribution in [0.1, 0.15) is 75.3 Å². The Hall–Kier alpha value is -3.83. The van der Waals surface area contributed by atoms with E-state index in [2.05, 4.69) is 25.8 Å². The second-order valence-electron chi connectivity index (χ2n) is 13.5. The summed E-state index contributed by atoms with van der Waals surface area (Å²) < 4.78 is 0. The van der Waals surface area contributed by atoms with Gasteiger partial charge in [0.1, 0.15) is 11.7 Å². The number of aliphatic hydroxyl groups is 1. The second-order valence-corrected chi connectivity index (χ2v) is 13.5. The zero-order valence-corrected chi connectivity index (χ0v) is 26.6. The van der Waals surface area contributed by atoms with Crippen molar-refractivity contribution in [2.24, 2.45) is 17.6 Å². The van der Waals surface area contributed by atoms with Crippen LogP contribution in [0.25, 0.3) is 0 Å². The van der Waals surface area contributed by atoms with Crippen molar-refractivity contribution < 1.29 is 24.3 Å². The lowest BCUT2D eigenvalue weighted by Gasteiger charge is -2.47. The van der Waals surface area contributed by atoms with Crippen molar-refractivity contribution in [3.8, 4) is 0 Å². The zero-order valence-electron chi connectivity index (χ0n) is 26.6. The summed E-state index contributed by atoms with van der Waals surface area (Å²) in [6.07, 6.45) is 5.54. The molecule has 1 aromatic heterocycles. The molecular formula is C34H48N6O5. The van der Waals surface area contributed by atoms with Crippen LogP contribution >= 0.6 is 0 Å². The number of primary amides is 1. The summed E-state index contributed by atoms with van der Waals surface area (Å²) in [4.78, 5) is 58.0. The van der Waals surface area contributed by atoms with Gasteiger partial charge >= 0.3 is 0 Å². The van der Waals surface area contributed by atoms with Gasteiger partial charge in [0.25, 0.3) is 5.91 Å². The normalized spacial score (nSPS) is 22.3. The number of benzene rings is 1. The van der Waals surface area contributed by atoms with E-state index in [1.54, 1.807) is 12.1 Å². The summed E-state index contributed by atoms with van der Waals surface area (Å²) in [6, 6.07) is 11.8. The molecule has 1 aliphatic heterocycles. The smallest absolute Gasteiger partial charge is 0.270 e. The number of carbonyl (C=O) groups is 4. The molecule has 45 heavy (non-hydrogen) atoms. The lowest BCUT2D eigenvalue weighted by atomic mass is 9.72. The topological polar surface area (TPSA) is 167 Å². The number of hydrogen-bond donors (Lipinski definition) is 5. The van der Waals surface area contributed by atoms with Crippen LogP contribution < -0.4 is 21.7 Å². The average molecular weight is 621 g/mol. The Labute approximate surface area is 265 Å². The standard InChI is InChI=1S/C34H48N6O5/c1-34(2,3)39-33(45)28-18-23-13-7-8-14-24(23)20-40(28)21-29(41)26(17-22-11-5-4-6-12-22)37-32(44)27(19-30(35)42)38-31(43)25-15-9-10-16-36-25/h4-6,9-12,15-16,23-24,26-29,41H,7-8,13-14,17-21H2,1-3H3,(H2,35,42)(H,37,44)(H,38,43)(H,39,45). The maximum Gasteiger partial charge on any atom is 0.270 e. The molecule has 2 aromatic rings. The van der Waals surface area contributed by atoms with E-state index in [1.165, 1.54) is 18.7 Å². The molecule has 244 valence electrons. The molecule has 6 unspecified atom stereocenters. The number of nitrogens with zero attached hydrogens (tertiary/aromatic N) is 2. The predicted octanol–water partition coefficient (Wildman–Crippen LogP) is 1.94. The highest BCUT2D eigenvalue weighted by atomic mass is 16.3. The van der Waals surface area contributed by atoms with Crippen LogP contribution in [0.5, 0.6) is 0 Å². The van der Waals surface area contributed by atoms with Gasteiger partial charge in [0.15, 0.2) is 0 Å². The highest BCUT2D eigenvalue weighted by Crippen LogP contribution is 2.39. The van der Waals surface area contributed by atoms with Gasteiger partial charge in [-0.15, -0.1) is 0 Å². The number of pyridine rings is 1. The van der Waals surface area contributed by atoms with E-state index < -0.39 is 53.9 Å². The number of nitrogens with one attached hydrogen (secondary N) is 3. The number of hydrogen-bond acceptors (Lipinski definition) is 7. The first kappa shape index (κ1) is 34.1. The number of piperidine rings is 1. The summed E-state index contributed by atoms with van der Waals surface area (Å²) in [5, 5.41) is 20.3. The van der Waals surface area contributed by atoms with Crippen molar-refractivity contribution in [3.63, 3.8) is 0 Å². The lowest BCUT2D eigenvalue weighted by molar-refractivity contribution is -0.133. The molecule has 0 spiro atoms. The summed E-state index contributed by atoms with van der Waals surface area (Å²) in [5.41, 5.74) is 6.02. The summed E-state index contributed by atoms with van der Waals surface area (Å²) in [7, 11) is 0.